The highest BCUT2D eigenvalue weighted by molar-refractivity contribution is 6.05. The molecule has 0 spiro atoms. The van der Waals surface area contributed by atoms with Crippen molar-refractivity contribution < 1.29 is 19.1 Å². The molecule has 1 unspecified atom stereocenters. The van der Waals surface area contributed by atoms with Crippen molar-refractivity contribution in [3.8, 4) is 5.75 Å². The molecule has 124 valence electrons. The van der Waals surface area contributed by atoms with E-state index in [1.807, 2.05) is 25.1 Å². The van der Waals surface area contributed by atoms with Crippen molar-refractivity contribution in [2.45, 2.75) is 33.8 Å². The van der Waals surface area contributed by atoms with Gasteiger partial charge in [0.25, 0.3) is 5.91 Å². The van der Waals surface area contributed by atoms with E-state index in [1.54, 1.807) is 11.8 Å². The third kappa shape index (κ3) is 4.12. The van der Waals surface area contributed by atoms with Crippen molar-refractivity contribution in [2.75, 3.05) is 18.1 Å². The number of nitrogens with zero attached hydrogens (tertiary/aromatic N) is 1. The summed E-state index contributed by atoms with van der Waals surface area (Å²) in [5.74, 6) is 0.199. The Balaban J connectivity index is 2.27. The van der Waals surface area contributed by atoms with Gasteiger partial charge >= 0.3 is 5.97 Å². The van der Waals surface area contributed by atoms with Crippen LogP contribution < -0.4 is 9.64 Å². The molecular formula is C18H23NO4. The Hall–Kier alpha value is -2.30. The summed E-state index contributed by atoms with van der Waals surface area (Å²) in [5.41, 5.74) is 1.78. The van der Waals surface area contributed by atoms with Crippen LogP contribution in [0.4, 0.5) is 5.69 Å². The number of aryl methyl sites for hydroxylation is 1. The van der Waals surface area contributed by atoms with Gasteiger partial charge in [-0.15, -0.1) is 0 Å². The molecule has 2 rings (SSSR count). The highest BCUT2D eigenvalue weighted by Crippen LogP contribution is 2.35. The normalized spacial score (nSPS) is 17.1. The van der Waals surface area contributed by atoms with Gasteiger partial charge in [0.05, 0.1) is 18.8 Å². The average Bonchev–Trinajstić information content (AvgIpc) is 2.51. The number of carbonyl (C=O) groups excluding carboxylic acids is 2. The van der Waals surface area contributed by atoms with Crippen LogP contribution in [0.1, 0.15) is 26.3 Å². The molecule has 1 aromatic rings. The summed E-state index contributed by atoms with van der Waals surface area (Å²) in [4.78, 5) is 25.6. The largest absolute Gasteiger partial charge is 0.486 e. The van der Waals surface area contributed by atoms with Crippen molar-refractivity contribution in [3.63, 3.8) is 0 Å². The Labute approximate surface area is 136 Å². The minimum atomic E-state index is -0.515. The summed E-state index contributed by atoms with van der Waals surface area (Å²) < 4.78 is 10.8. The van der Waals surface area contributed by atoms with Crippen LogP contribution in [0.2, 0.25) is 0 Å². The lowest BCUT2D eigenvalue weighted by Crippen LogP contribution is -2.45. The van der Waals surface area contributed by atoms with Crippen molar-refractivity contribution in [1.29, 1.82) is 0 Å². The van der Waals surface area contributed by atoms with Crippen LogP contribution in [-0.2, 0) is 14.3 Å². The maximum atomic E-state index is 12.5. The molecule has 1 aliphatic rings. The van der Waals surface area contributed by atoms with E-state index in [4.69, 9.17) is 9.47 Å². The van der Waals surface area contributed by atoms with Crippen LogP contribution in [0.3, 0.4) is 0 Å². The molecule has 5 nitrogen and oxygen atoms in total. The van der Waals surface area contributed by atoms with Crippen molar-refractivity contribution in [3.05, 3.63) is 35.9 Å². The molecule has 23 heavy (non-hydrogen) atoms. The van der Waals surface area contributed by atoms with E-state index >= 15 is 0 Å². The van der Waals surface area contributed by atoms with E-state index in [0.717, 1.165) is 11.3 Å². The van der Waals surface area contributed by atoms with Gasteiger partial charge < -0.3 is 14.4 Å². The van der Waals surface area contributed by atoms with Crippen LogP contribution in [-0.4, -0.2) is 31.1 Å². The molecule has 0 aliphatic carbocycles. The molecule has 0 saturated heterocycles. The first-order valence-corrected chi connectivity index (χ1v) is 7.86. The van der Waals surface area contributed by atoms with Gasteiger partial charge in [-0.3, -0.25) is 4.79 Å². The molecule has 0 bridgehead atoms. The molecule has 0 aromatic heterocycles. The summed E-state index contributed by atoms with van der Waals surface area (Å²) in [6, 6.07) is 5.76. The third-order valence-corrected chi connectivity index (χ3v) is 3.70. The number of hydrogen-bond donors (Lipinski definition) is 0. The zero-order valence-corrected chi connectivity index (χ0v) is 14.0. The molecule has 0 radical (unpaired) electrons. The Morgan fingerprint density at radius 3 is 2.78 bits per heavy atom. The summed E-state index contributed by atoms with van der Waals surface area (Å²) in [6.45, 7) is 8.54. The zero-order valence-electron chi connectivity index (χ0n) is 14.0. The topological polar surface area (TPSA) is 55.8 Å². The number of fused-ring (bicyclic) bond motifs is 1. The van der Waals surface area contributed by atoms with Crippen LogP contribution >= 0.6 is 0 Å². The number of esters is 1. The molecule has 5 heteroatoms. The van der Waals surface area contributed by atoms with Gasteiger partial charge in [-0.25, -0.2) is 4.79 Å². The first-order valence-electron chi connectivity index (χ1n) is 7.86. The van der Waals surface area contributed by atoms with Gasteiger partial charge in [0.15, 0.2) is 0 Å². The fourth-order valence-electron chi connectivity index (χ4n) is 2.39. The maximum absolute atomic E-state index is 12.5. The number of anilines is 1. The number of hydrogen-bond acceptors (Lipinski definition) is 4. The van der Waals surface area contributed by atoms with E-state index in [9.17, 15) is 9.59 Å². The fraction of sp³-hybridized carbons (Fsp3) is 0.444. The Morgan fingerprint density at radius 2 is 2.13 bits per heavy atom. The number of ether oxygens (including phenoxy) is 2. The Morgan fingerprint density at radius 1 is 1.39 bits per heavy atom. The zero-order chi connectivity index (χ0) is 17.0. The van der Waals surface area contributed by atoms with Crippen LogP contribution in [0.25, 0.3) is 0 Å². The van der Waals surface area contributed by atoms with E-state index in [1.165, 1.54) is 12.2 Å². The first-order chi connectivity index (χ1) is 10.9. The standard InChI is InChI=1S/C18H23NO4/c1-5-22-18(21)9-8-17(20)19-11-16(12(2)3)23-15-7-6-13(4)10-14(15)19/h6-10,12,16H,5,11H2,1-4H3. The predicted molar refractivity (Wildman–Crippen MR) is 88.6 cm³/mol. The second-order valence-corrected chi connectivity index (χ2v) is 5.91. The smallest absolute Gasteiger partial charge is 0.330 e. The van der Waals surface area contributed by atoms with Crippen molar-refractivity contribution >= 4 is 17.6 Å². The van der Waals surface area contributed by atoms with Crippen molar-refractivity contribution in [1.82, 2.24) is 0 Å². The van der Waals surface area contributed by atoms with Gasteiger partial charge in [0.2, 0.25) is 0 Å². The predicted octanol–water partition coefficient (Wildman–Crippen LogP) is 2.86. The maximum Gasteiger partial charge on any atom is 0.330 e. The Bertz CT molecular complexity index is 621. The van der Waals surface area contributed by atoms with Crippen LogP contribution in [0.5, 0.6) is 5.75 Å². The Kier molecular flexibility index (Phi) is 5.42. The summed E-state index contributed by atoms with van der Waals surface area (Å²) in [7, 11) is 0. The first kappa shape index (κ1) is 17.1. The summed E-state index contributed by atoms with van der Waals surface area (Å²) >= 11 is 0. The summed E-state index contributed by atoms with van der Waals surface area (Å²) in [5, 5.41) is 0. The molecule has 1 aromatic carbocycles. The SMILES string of the molecule is CCOC(=O)C=CC(=O)N1CC(C(C)C)Oc2ccc(C)cc21. The third-order valence-electron chi connectivity index (χ3n) is 3.70. The molecule has 1 amide bonds. The van der Waals surface area contributed by atoms with E-state index in [0.29, 0.717) is 12.3 Å². The minimum absolute atomic E-state index is 0.0786. The lowest BCUT2D eigenvalue weighted by atomic mass is 10.0. The molecule has 1 heterocycles. The average molecular weight is 317 g/mol. The molecule has 0 fully saturated rings. The molecule has 1 aliphatic heterocycles. The minimum Gasteiger partial charge on any atom is -0.486 e. The van der Waals surface area contributed by atoms with E-state index < -0.39 is 5.97 Å². The number of amides is 1. The quantitative estimate of drug-likeness (QED) is 0.633. The van der Waals surface area contributed by atoms with Crippen LogP contribution in [0.15, 0.2) is 30.4 Å². The molecule has 0 N–H and O–H groups in total. The second-order valence-electron chi connectivity index (χ2n) is 5.91. The van der Waals surface area contributed by atoms with Gasteiger partial charge in [-0.05, 0) is 37.5 Å². The number of carbonyl (C=O) groups is 2. The van der Waals surface area contributed by atoms with Gasteiger partial charge in [0, 0.05) is 12.2 Å². The highest BCUT2D eigenvalue weighted by atomic mass is 16.5. The lowest BCUT2D eigenvalue weighted by molar-refractivity contribution is -0.137. The van der Waals surface area contributed by atoms with Gasteiger partial charge in [-0.2, -0.15) is 0 Å². The van der Waals surface area contributed by atoms with Crippen LogP contribution in [0, 0.1) is 12.8 Å². The van der Waals surface area contributed by atoms with Crippen molar-refractivity contribution in [2.24, 2.45) is 5.92 Å². The highest BCUT2D eigenvalue weighted by Gasteiger charge is 2.30. The van der Waals surface area contributed by atoms with Gasteiger partial charge in [0.1, 0.15) is 11.9 Å². The number of rotatable bonds is 4. The molecular weight excluding hydrogens is 294 g/mol. The fourth-order valence-corrected chi connectivity index (χ4v) is 2.39. The second kappa shape index (κ2) is 7.31. The van der Waals surface area contributed by atoms with Gasteiger partial charge in [-0.1, -0.05) is 19.9 Å². The van der Waals surface area contributed by atoms with E-state index in [-0.39, 0.29) is 24.5 Å². The summed E-state index contributed by atoms with van der Waals surface area (Å²) in [6.07, 6.45) is 2.35. The molecule has 1 atom stereocenters. The number of benzene rings is 1. The lowest BCUT2D eigenvalue weighted by Gasteiger charge is -2.36. The monoisotopic (exact) mass is 317 g/mol. The van der Waals surface area contributed by atoms with E-state index in [2.05, 4.69) is 13.8 Å². The molecule has 0 saturated carbocycles.